The summed E-state index contributed by atoms with van der Waals surface area (Å²) in [6.07, 6.45) is 0. The molecule has 0 saturated heterocycles. The standard InChI is InChI=1S/C25H27N5OS2/c1-6-29-23(20-9-7-8-16(2)12-20)27-28-25(29)33-15-21-14-32-24(26-21)30(19(5)31)22-11-10-17(3)18(4)13-22/h7-14H,6,15H2,1-5H3. The van der Waals surface area contributed by atoms with Gasteiger partial charge in [-0.05, 0) is 57.0 Å². The van der Waals surface area contributed by atoms with Crippen molar-refractivity contribution in [1.82, 2.24) is 19.7 Å². The molecule has 8 heteroatoms. The van der Waals surface area contributed by atoms with Gasteiger partial charge in [-0.2, -0.15) is 0 Å². The molecular formula is C25H27N5OS2. The van der Waals surface area contributed by atoms with Crippen LogP contribution in [0.15, 0.2) is 53.0 Å². The Labute approximate surface area is 202 Å². The first-order chi connectivity index (χ1) is 15.9. The molecule has 0 atom stereocenters. The van der Waals surface area contributed by atoms with Gasteiger partial charge in [0.15, 0.2) is 16.1 Å². The number of aryl methyl sites for hydroxylation is 3. The van der Waals surface area contributed by atoms with Gasteiger partial charge in [0.2, 0.25) is 5.91 Å². The van der Waals surface area contributed by atoms with E-state index >= 15 is 0 Å². The summed E-state index contributed by atoms with van der Waals surface area (Å²) in [6.45, 7) is 10.6. The van der Waals surface area contributed by atoms with Gasteiger partial charge in [0.25, 0.3) is 0 Å². The average molecular weight is 478 g/mol. The van der Waals surface area contributed by atoms with E-state index < -0.39 is 0 Å². The zero-order valence-electron chi connectivity index (χ0n) is 19.5. The number of anilines is 2. The smallest absolute Gasteiger partial charge is 0.230 e. The van der Waals surface area contributed by atoms with Gasteiger partial charge in [-0.1, -0.05) is 41.6 Å². The Morgan fingerprint density at radius 1 is 1.09 bits per heavy atom. The van der Waals surface area contributed by atoms with Crippen LogP contribution in [0.2, 0.25) is 0 Å². The Morgan fingerprint density at radius 3 is 2.61 bits per heavy atom. The van der Waals surface area contributed by atoms with E-state index in [1.807, 2.05) is 29.6 Å². The van der Waals surface area contributed by atoms with Crippen LogP contribution in [0.4, 0.5) is 10.8 Å². The highest BCUT2D eigenvalue weighted by Gasteiger charge is 2.19. The number of carbonyl (C=O) groups excluding carboxylic acids is 1. The zero-order valence-corrected chi connectivity index (χ0v) is 21.1. The molecule has 170 valence electrons. The van der Waals surface area contributed by atoms with E-state index in [1.54, 1.807) is 23.6 Å². The van der Waals surface area contributed by atoms with Crippen molar-refractivity contribution in [1.29, 1.82) is 0 Å². The lowest BCUT2D eigenvalue weighted by molar-refractivity contribution is -0.115. The van der Waals surface area contributed by atoms with Crippen LogP contribution >= 0.6 is 23.1 Å². The van der Waals surface area contributed by atoms with Crippen molar-refractivity contribution in [2.45, 2.75) is 52.1 Å². The maximum Gasteiger partial charge on any atom is 0.230 e. The maximum atomic E-state index is 12.4. The Kier molecular flexibility index (Phi) is 6.95. The third-order valence-corrected chi connectivity index (χ3v) is 7.33. The Bertz CT molecular complexity index is 1290. The second kappa shape index (κ2) is 9.89. The summed E-state index contributed by atoms with van der Waals surface area (Å²) in [4.78, 5) is 18.9. The molecule has 6 nitrogen and oxygen atoms in total. The van der Waals surface area contributed by atoms with Crippen LogP contribution in [0.3, 0.4) is 0 Å². The molecule has 0 N–H and O–H groups in total. The lowest BCUT2D eigenvalue weighted by Crippen LogP contribution is -2.22. The fourth-order valence-electron chi connectivity index (χ4n) is 3.57. The topological polar surface area (TPSA) is 63.9 Å². The number of hydrogen-bond donors (Lipinski definition) is 0. The van der Waals surface area contributed by atoms with Gasteiger partial charge in [0.05, 0.1) is 11.4 Å². The minimum atomic E-state index is -0.0553. The fourth-order valence-corrected chi connectivity index (χ4v) is 5.46. The highest BCUT2D eigenvalue weighted by molar-refractivity contribution is 7.98. The number of hydrogen-bond acceptors (Lipinski definition) is 6. The van der Waals surface area contributed by atoms with Crippen molar-refractivity contribution < 1.29 is 4.79 Å². The summed E-state index contributed by atoms with van der Waals surface area (Å²) >= 11 is 3.09. The molecule has 0 unspecified atom stereocenters. The van der Waals surface area contributed by atoms with Crippen molar-refractivity contribution in [3.8, 4) is 11.4 Å². The van der Waals surface area contributed by atoms with E-state index in [9.17, 15) is 4.79 Å². The quantitative estimate of drug-likeness (QED) is 0.291. The van der Waals surface area contributed by atoms with Crippen LogP contribution in [-0.2, 0) is 17.1 Å². The first kappa shape index (κ1) is 23.2. The number of carbonyl (C=O) groups is 1. The molecule has 4 rings (SSSR count). The van der Waals surface area contributed by atoms with Gasteiger partial charge in [-0.3, -0.25) is 9.69 Å². The molecule has 4 aromatic rings. The minimum absolute atomic E-state index is 0.0553. The zero-order chi connectivity index (χ0) is 23.5. The van der Waals surface area contributed by atoms with Crippen LogP contribution in [0.25, 0.3) is 11.4 Å². The molecule has 0 spiro atoms. The molecule has 0 aliphatic rings. The fraction of sp³-hybridized carbons (Fsp3) is 0.280. The van der Waals surface area contributed by atoms with E-state index in [0.29, 0.717) is 10.9 Å². The Balaban J connectivity index is 1.53. The van der Waals surface area contributed by atoms with Crippen LogP contribution in [0.5, 0.6) is 0 Å². The SMILES string of the molecule is CCn1c(SCc2csc(N(C(C)=O)c3ccc(C)c(C)c3)n2)nnc1-c1cccc(C)c1. The molecule has 0 bridgehead atoms. The molecule has 0 aliphatic carbocycles. The van der Waals surface area contributed by atoms with E-state index in [0.717, 1.165) is 40.0 Å². The second-order valence-electron chi connectivity index (χ2n) is 7.95. The predicted octanol–water partition coefficient (Wildman–Crippen LogP) is 6.32. The van der Waals surface area contributed by atoms with Crippen LogP contribution in [0, 0.1) is 20.8 Å². The van der Waals surface area contributed by atoms with Gasteiger partial charge in [-0.25, -0.2) is 4.98 Å². The monoisotopic (exact) mass is 477 g/mol. The molecule has 2 aromatic heterocycles. The molecule has 0 radical (unpaired) electrons. The van der Waals surface area contributed by atoms with Gasteiger partial charge < -0.3 is 4.57 Å². The average Bonchev–Trinajstić information content (AvgIpc) is 3.41. The van der Waals surface area contributed by atoms with Crippen molar-refractivity contribution in [2.24, 2.45) is 0 Å². The van der Waals surface area contributed by atoms with Crippen LogP contribution in [0.1, 0.15) is 36.2 Å². The normalized spacial score (nSPS) is 11.1. The number of aromatic nitrogens is 4. The summed E-state index contributed by atoms with van der Waals surface area (Å²) in [5, 5.41) is 12.4. The Morgan fingerprint density at radius 2 is 1.91 bits per heavy atom. The van der Waals surface area contributed by atoms with Gasteiger partial charge in [-0.15, -0.1) is 21.5 Å². The van der Waals surface area contributed by atoms with Crippen molar-refractivity contribution in [3.63, 3.8) is 0 Å². The van der Waals surface area contributed by atoms with E-state index in [4.69, 9.17) is 4.98 Å². The predicted molar refractivity (Wildman–Crippen MR) is 136 cm³/mol. The Hall–Kier alpha value is -2.97. The molecule has 0 saturated carbocycles. The number of amides is 1. The highest BCUT2D eigenvalue weighted by atomic mass is 32.2. The third kappa shape index (κ3) is 5.02. The van der Waals surface area contributed by atoms with Gasteiger partial charge in [0.1, 0.15) is 0 Å². The lowest BCUT2D eigenvalue weighted by Gasteiger charge is -2.19. The van der Waals surface area contributed by atoms with Crippen molar-refractivity contribution in [3.05, 3.63) is 70.2 Å². The number of thioether (sulfide) groups is 1. The molecule has 2 heterocycles. The summed E-state index contributed by atoms with van der Waals surface area (Å²) in [5.74, 6) is 1.47. The van der Waals surface area contributed by atoms with Crippen molar-refractivity contribution in [2.75, 3.05) is 4.90 Å². The maximum absolute atomic E-state index is 12.4. The van der Waals surface area contributed by atoms with E-state index in [-0.39, 0.29) is 5.91 Å². The molecular weight excluding hydrogens is 450 g/mol. The van der Waals surface area contributed by atoms with E-state index in [1.165, 1.54) is 22.5 Å². The first-order valence-electron chi connectivity index (χ1n) is 10.8. The molecule has 0 fully saturated rings. The second-order valence-corrected chi connectivity index (χ2v) is 9.73. The van der Waals surface area contributed by atoms with Gasteiger partial charge in [0, 0.05) is 30.2 Å². The first-order valence-corrected chi connectivity index (χ1v) is 12.7. The number of thiazole rings is 1. The summed E-state index contributed by atoms with van der Waals surface area (Å²) < 4.78 is 2.13. The number of benzene rings is 2. The largest absolute Gasteiger partial charge is 0.302 e. The number of nitrogens with zero attached hydrogens (tertiary/aromatic N) is 5. The molecule has 2 aromatic carbocycles. The number of rotatable bonds is 7. The molecule has 33 heavy (non-hydrogen) atoms. The van der Waals surface area contributed by atoms with E-state index in [2.05, 4.69) is 60.7 Å². The lowest BCUT2D eigenvalue weighted by atomic mass is 10.1. The minimum Gasteiger partial charge on any atom is -0.302 e. The van der Waals surface area contributed by atoms with Gasteiger partial charge >= 0.3 is 0 Å². The summed E-state index contributed by atoms with van der Waals surface area (Å²) in [7, 11) is 0. The van der Waals surface area contributed by atoms with Crippen molar-refractivity contribution >= 4 is 39.8 Å². The summed E-state index contributed by atoms with van der Waals surface area (Å²) in [5.41, 5.74) is 6.36. The summed E-state index contributed by atoms with van der Waals surface area (Å²) in [6, 6.07) is 14.3. The molecule has 1 amide bonds. The third-order valence-electron chi connectivity index (χ3n) is 5.45. The highest BCUT2D eigenvalue weighted by Crippen LogP contribution is 2.32. The van der Waals surface area contributed by atoms with Crippen LogP contribution in [-0.4, -0.2) is 25.7 Å². The van der Waals surface area contributed by atoms with Crippen LogP contribution < -0.4 is 4.90 Å². The molecule has 0 aliphatic heterocycles.